The Hall–Kier alpha value is -0.180. The lowest BCUT2D eigenvalue weighted by atomic mass is 9.75. The van der Waals surface area contributed by atoms with Crippen LogP contribution in [-0.4, -0.2) is 19.0 Å². The van der Waals surface area contributed by atoms with E-state index in [2.05, 4.69) is 5.32 Å². The maximum atomic E-state index is 13.7. The summed E-state index contributed by atoms with van der Waals surface area (Å²) in [5.41, 5.74) is -0.519. The molecule has 3 rings (SSSR count). The van der Waals surface area contributed by atoms with E-state index in [0.717, 1.165) is 45.2 Å². The molecule has 1 nitrogen and oxygen atoms in total. The summed E-state index contributed by atoms with van der Waals surface area (Å²) < 4.78 is 27.3. The van der Waals surface area contributed by atoms with Gasteiger partial charge >= 0.3 is 0 Å². The van der Waals surface area contributed by atoms with Gasteiger partial charge < -0.3 is 5.32 Å². The molecule has 3 heteroatoms. The van der Waals surface area contributed by atoms with Gasteiger partial charge in [-0.2, -0.15) is 0 Å². The third kappa shape index (κ3) is 0.918. The molecule has 1 spiro atoms. The number of alkyl halides is 2. The van der Waals surface area contributed by atoms with E-state index in [1.165, 1.54) is 0 Å². The molecule has 1 saturated heterocycles. The normalized spacial score (nSPS) is 39.4. The fraction of sp³-hybridized carbons (Fsp3) is 1.00. The average molecular weight is 201 g/mol. The summed E-state index contributed by atoms with van der Waals surface area (Å²) in [6.07, 6.45) is 4.52. The van der Waals surface area contributed by atoms with Crippen molar-refractivity contribution in [3.05, 3.63) is 0 Å². The van der Waals surface area contributed by atoms with E-state index >= 15 is 0 Å². The minimum Gasteiger partial charge on any atom is -0.317 e. The lowest BCUT2D eigenvalue weighted by molar-refractivity contribution is 0.0257. The molecular weight excluding hydrogens is 184 g/mol. The molecule has 0 aromatic rings. The number of halogens is 2. The van der Waals surface area contributed by atoms with Crippen LogP contribution < -0.4 is 5.32 Å². The Labute approximate surface area is 83.3 Å². The van der Waals surface area contributed by atoms with Crippen LogP contribution >= 0.6 is 0 Å². The van der Waals surface area contributed by atoms with Crippen LogP contribution in [0.25, 0.3) is 0 Å². The number of hydrogen-bond acceptors (Lipinski definition) is 1. The molecule has 0 bridgehead atoms. The summed E-state index contributed by atoms with van der Waals surface area (Å²) in [4.78, 5) is 0. The van der Waals surface area contributed by atoms with Crippen molar-refractivity contribution in [3.8, 4) is 0 Å². The molecule has 0 aromatic carbocycles. The van der Waals surface area contributed by atoms with Crippen molar-refractivity contribution in [2.75, 3.05) is 13.1 Å². The highest BCUT2D eigenvalue weighted by Gasteiger charge is 2.82. The first kappa shape index (κ1) is 9.08. The molecule has 80 valence electrons. The molecule has 1 N–H and O–H groups in total. The highest BCUT2D eigenvalue weighted by atomic mass is 19.3. The van der Waals surface area contributed by atoms with Gasteiger partial charge in [-0.15, -0.1) is 0 Å². The van der Waals surface area contributed by atoms with E-state index in [-0.39, 0.29) is 5.92 Å². The second-order valence-corrected chi connectivity index (χ2v) is 5.20. The summed E-state index contributed by atoms with van der Waals surface area (Å²) in [6, 6.07) is 0. The second kappa shape index (κ2) is 2.69. The van der Waals surface area contributed by atoms with E-state index < -0.39 is 11.3 Å². The molecule has 2 aliphatic carbocycles. The van der Waals surface area contributed by atoms with Crippen molar-refractivity contribution in [2.45, 2.75) is 38.0 Å². The Morgan fingerprint density at radius 1 is 1.07 bits per heavy atom. The molecule has 14 heavy (non-hydrogen) atoms. The van der Waals surface area contributed by atoms with Crippen LogP contribution in [0.3, 0.4) is 0 Å². The summed E-state index contributed by atoms with van der Waals surface area (Å²) in [7, 11) is 0. The monoisotopic (exact) mass is 201 g/mol. The maximum absolute atomic E-state index is 13.7. The van der Waals surface area contributed by atoms with Crippen LogP contribution in [0.2, 0.25) is 0 Å². The molecule has 0 radical (unpaired) electrons. The Balaban J connectivity index is 1.74. The smallest absolute Gasteiger partial charge is 0.257 e. The predicted molar refractivity (Wildman–Crippen MR) is 50.3 cm³/mol. The Morgan fingerprint density at radius 3 is 2.14 bits per heavy atom. The lowest BCUT2D eigenvalue weighted by Crippen LogP contribution is -2.30. The van der Waals surface area contributed by atoms with Crippen LogP contribution in [-0.2, 0) is 0 Å². The minimum atomic E-state index is -2.31. The summed E-state index contributed by atoms with van der Waals surface area (Å²) >= 11 is 0. The fourth-order valence-corrected chi connectivity index (χ4v) is 3.67. The number of rotatable bonds is 1. The number of piperidine rings is 1. The maximum Gasteiger partial charge on any atom is 0.257 e. The molecule has 3 aliphatic rings. The topological polar surface area (TPSA) is 12.0 Å². The Bertz CT molecular complexity index is 242. The highest BCUT2D eigenvalue weighted by molar-refractivity contribution is 5.23. The summed E-state index contributed by atoms with van der Waals surface area (Å²) in [6.45, 7) is 1.88. The van der Waals surface area contributed by atoms with Gasteiger partial charge in [-0.25, -0.2) is 8.78 Å². The van der Waals surface area contributed by atoms with E-state index in [4.69, 9.17) is 0 Å². The SMILES string of the molecule is FC1(F)[C@@H](C2CCNCC2)C12CCC2. The van der Waals surface area contributed by atoms with Crippen LogP contribution in [0.5, 0.6) is 0 Å². The quantitative estimate of drug-likeness (QED) is 0.687. The van der Waals surface area contributed by atoms with Crippen LogP contribution in [0.15, 0.2) is 0 Å². The number of nitrogens with one attached hydrogen (secondary N) is 1. The second-order valence-electron chi connectivity index (χ2n) is 5.20. The van der Waals surface area contributed by atoms with Crippen LogP contribution in [0.4, 0.5) is 8.78 Å². The highest BCUT2D eigenvalue weighted by Crippen LogP contribution is 2.78. The van der Waals surface area contributed by atoms with E-state index in [1.54, 1.807) is 0 Å². The van der Waals surface area contributed by atoms with Gasteiger partial charge in [0.25, 0.3) is 5.92 Å². The van der Waals surface area contributed by atoms with Crippen molar-refractivity contribution in [2.24, 2.45) is 17.3 Å². The minimum absolute atomic E-state index is 0.258. The van der Waals surface area contributed by atoms with Crippen molar-refractivity contribution < 1.29 is 8.78 Å². The summed E-state index contributed by atoms with van der Waals surface area (Å²) in [5.74, 6) is -2.27. The largest absolute Gasteiger partial charge is 0.317 e. The zero-order valence-corrected chi connectivity index (χ0v) is 8.36. The van der Waals surface area contributed by atoms with Gasteiger partial charge in [-0.3, -0.25) is 0 Å². The molecule has 1 atom stereocenters. The van der Waals surface area contributed by atoms with Crippen LogP contribution in [0.1, 0.15) is 32.1 Å². The number of hydrogen-bond donors (Lipinski definition) is 1. The van der Waals surface area contributed by atoms with E-state index in [0.29, 0.717) is 5.92 Å². The van der Waals surface area contributed by atoms with Crippen molar-refractivity contribution >= 4 is 0 Å². The average Bonchev–Trinajstić information content (AvgIpc) is 2.64. The first-order valence-corrected chi connectivity index (χ1v) is 5.77. The Morgan fingerprint density at radius 2 is 1.71 bits per heavy atom. The van der Waals surface area contributed by atoms with Gasteiger partial charge in [-0.1, -0.05) is 6.42 Å². The van der Waals surface area contributed by atoms with Crippen molar-refractivity contribution in [1.29, 1.82) is 0 Å². The van der Waals surface area contributed by atoms with E-state index in [1.807, 2.05) is 0 Å². The van der Waals surface area contributed by atoms with Gasteiger partial charge in [0.2, 0.25) is 0 Å². The molecule has 3 fully saturated rings. The van der Waals surface area contributed by atoms with Gasteiger partial charge in [0.1, 0.15) is 0 Å². The molecule has 0 unspecified atom stereocenters. The molecular formula is C11H17F2N. The molecule has 0 aromatic heterocycles. The predicted octanol–water partition coefficient (Wildman–Crippen LogP) is 2.42. The zero-order valence-electron chi connectivity index (χ0n) is 8.36. The first-order valence-electron chi connectivity index (χ1n) is 5.77. The van der Waals surface area contributed by atoms with Gasteiger partial charge in [0, 0.05) is 11.3 Å². The van der Waals surface area contributed by atoms with Gasteiger partial charge in [-0.05, 0) is 44.7 Å². The van der Waals surface area contributed by atoms with E-state index in [9.17, 15) is 8.78 Å². The molecule has 1 aliphatic heterocycles. The molecule has 1 heterocycles. The van der Waals surface area contributed by atoms with Gasteiger partial charge in [0.05, 0.1) is 0 Å². The first-order chi connectivity index (χ1) is 6.68. The third-order valence-corrected chi connectivity index (χ3v) is 4.67. The van der Waals surface area contributed by atoms with Crippen LogP contribution in [0, 0.1) is 17.3 Å². The van der Waals surface area contributed by atoms with Crippen molar-refractivity contribution in [3.63, 3.8) is 0 Å². The lowest BCUT2D eigenvalue weighted by Gasteiger charge is -2.29. The third-order valence-electron chi connectivity index (χ3n) is 4.67. The standard InChI is InChI=1S/C11H17F2N/c12-11(13)9(10(11)4-1-5-10)8-2-6-14-7-3-8/h8-9,14H,1-7H2/t9-/m0/s1. The summed E-state index contributed by atoms with van der Waals surface area (Å²) in [5, 5.41) is 3.24. The van der Waals surface area contributed by atoms with Gasteiger partial charge in [0.15, 0.2) is 0 Å². The Kier molecular flexibility index (Phi) is 1.74. The molecule has 2 saturated carbocycles. The molecule has 0 amide bonds. The fourth-order valence-electron chi connectivity index (χ4n) is 3.67. The zero-order chi connectivity index (χ0) is 9.81. The van der Waals surface area contributed by atoms with Crippen molar-refractivity contribution in [1.82, 2.24) is 5.32 Å².